The van der Waals surface area contributed by atoms with E-state index in [4.69, 9.17) is 0 Å². The van der Waals surface area contributed by atoms with E-state index in [1.807, 2.05) is 0 Å². The van der Waals surface area contributed by atoms with E-state index in [-0.39, 0.29) is 0 Å². The Morgan fingerprint density at radius 2 is 2.00 bits per heavy atom. The highest BCUT2D eigenvalue weighted by atomic mass is 31.1. The van der Waals surface area contributed by atoms with Crippen molar-refractivity contribution in [1.29, 1.82) is 0 Å². The van der Waals surface area contributed by atoms with Crippen LogP contribution in [-0.2, 0) is 6.16 Å². The van der Waals surface area contributed by atoms with Gasteiger partial charge in [0.1, 0.15) is 0 Å². The van der Waals surface area contributed by atoms with Gasteiger partial charge in [-0.3, -0.25) is 0 Å². The van der Waals surface area contributed by atoms with Gasteiger partial charge in [0.05, 0.1) is 0 Å². The standard InChI is InChI=1S/C11H17P/c1-4-12-8-11-6-5-9(2)7-10(11)3/h5-7,12H,4,8H2,1-3H3. The van der Waals surface area contributed by atoms with Crippen LogP contribution in [-0.4, -0.2) is 6.16 Å². The second kappa shape index (κ2) is 4.62. The highest BCUT2D eigenvalue weighted by Gasteiger charge is 1.96. The average molecular weight is 180 g/mol. The monoisotopic (exact) mass is 180 g/mol. The van der Waals surface area contributed by atoms with E-state index >= 15 is 0 Å². The van der Waals surface area contributed by atoms with Crippen molar-refractivity contribution in [2.45, 2.75) is 26.9 Å². The number of rotatable bonds is 3. The predicted octanol–water partition coefficient (Wildman–Crippen LogP) is 3.50. The van der Waals surface area contributed by atoms with E-state index < -0.39 is 0 Å². The van der Waals surface area contributed by atoms with Crippen LogP contribution in [0.2, 0.25) is 0 Å². The number of hydrogen-bond donors (Lipinski definition) is 0. The number of hydrogen-bond acceptors (Lipinski definition) is 0. The Balaban J connectivity index is 2.72. The van der Waals surface area contributed by atoms with Crippen LogP contribution < -0.4 is 0 Å². The molecule has 0 bridgehead atoms. The first-order valence-corrected chi connectivity index (χ1v) is 5.92. The number of benzene rings is 1. The quantitative estimate of drug-likeness (QED) is 0.624. The van der Waals surface area contributed by atoms with E-state index in [1.54, 1.807) is 0 Å². The van der Waals surface area contributed by atoms with Crippen LogP contribution in [0, 0.1) is 13.8 Å². The topological polar surface area (TPSA) is 0 Å². The smallest absolute Gasteiger partial charge is 0.00981 e. The molecule has 0 heterocycles. The van der Waals surface area contributed by atoms with E-state index in [1.165, 1.54) is 29.0 Å². The maximum absolute atomic E-state index is 2.27. The first-order chi connectivity index (χ1) is 5.74. The van der Waals surface area contributed by atoms with Gasteiger partial charge >= 0.3 is 0 Å². The Morgan fingerprint density at radius 1 is 1.25 bits per heavy atom. The lowest BCUT2D eigenvalue weighted by Crippen LogP contribution is -1.86. The fourth-order valence-electron chi connectivity index (χ4n) is 1.30. The zero-order valence-corrected chi connectivity index (χ0v) is 9.15. The minimum Gasteiger partial charge on any atom is -0.118 e. The first-order valence-electron chi connectivity index (χ1n) is 4.51. The lowest BCUT2D eigenvalue weighted by atomic mass is 10.1. The molecule has 0 aromatic heterocycles. The summed E-state index contributed by atoms with van der Waals surface area (Å²) in [6.07, 6.45) is 2.58. The van der Waals surface area contributed by atoms with Crippen LogP contribution >= 0.6 is 8.58 Å². The van der Waals surface area contributed by atoms with Crippen molar-refractivity contribution < 1.29 is 0 Å². The normalized spacial score (nSPS) is 11.2. The molecule has 0 nitrogen and oxygen atoms in total. The molecule has 1 aromatic carbocycles. The lowest BCUT2D eigenvalue weighted by molar-refractivity contribution is 1.27. The fourth-order valence-corrected chi connectivity index (χ4v) is 2.22. The molecule has 1 rings (SSSR count). The van der Waals surface area contributed by atoms with Gasteiger partial charge in [-0.05, 0) is 37.3 Å². The molecule has 0 amide bonds. The Kier molecular flexibility index (Phi) is 3.75. The lowest BCUT2D eigenvalue weighted by Gasteiger charge is -2.05. The molecule has 0 saturated heterocycles. The molecule has 0 saturated carbocycles. The Bertz CT molecular complexity index is 253. The Labute approximate surface area is 77.2 Å². The van der Waals surface area contributed by atoms with Crippen molar-refractivity contribution in [1.82, 2.24) is 0 Å². The third-order valence-corrected chi connectivity index (χ3v) is 3.19. The van der Waals surface area contributed by atoms with E-state index in [0.29, 0.717) is 0 Å². The summed E-state index contributed by atoms with van der Waals surface area (Å²) in [7, 11) is 1.09. The average Bonchev–Trinajstić information content (AvgIpc) is 2.03. The zero-order valence-electron chi connectivity index (χ0n) is 8.15. The second-order valence-corrected chi connectivity index (χ2v) is 4.77. The zero-order chi connectivity index (χ0) is 8.97. The molecule has 12 heavy (non-hydrogen) atoms. The summed E-state index contributed by atoms with van der Waals surface area (Å²) in [5, 5.41) is 0. The van der Waals surface area contributed by atoms with Gasteiger partial charge in [0.2, 0.25) is 0 Å². The molecule has 0 fully saturated rings. The summed E-state index contributed by atoms with van der Waals surface area (Å²) in [4.78, 5) is 0. The highest BCUT2D eigenvalue weighted by Crippen LogP contribution is 2.21. The molecule has 1 unspecified atom stereocenters. The van der Waals surface area contributed by atoms with Gasteiger partial charge < -0.3 is 0 Å². The van der Waals surface area contributed by atoms with Crippen LogP contribution in [0.1, 0.15) is 23.6 Å². The first kappa shape index (κ1) is 9.74. The van der Waals surface area contributed by atoms with Crippen LogP contribution in [0.25, 0.3) is 0 Å². The molecule has 0 spiro atoms. The SMILES string of the molecule is CCPCc1ccc(C)cc1C. The third-order valence-electron chi connectivity index (χ3n) is 2.06. The van der Waals surface area contributed by atoms with Gasteiger partial charge in [-0.25, -0.2) is 0 Å². The summed E-state index contributed by atoms with van der Waals surface area (Å²) in [6, 6.07) is 6.76. The van der Waals surface area contributed by atoms with Crippen molar-refractivity contribution in [2.24, 2.45) is 0 Å². The van der Waals surface area contributed by atoms with Crippen molar-refractivity contribution in [3.8, 4) is 0 Å². The van der Waals surface area contributed by atoms with Gasteiger partial charge in [-0.15, -0.1) is 8.58 Å². The number of aryl methyl sites for hydroxylation is 2. The Hall–Kier alpha value is -0.350. The van der Waals surface area contributed by atoms with Crippen LogP contribution in [0.4, 0.5) is 0 Å². The molecule has 0 radical (unpaired) electrons. The maximum Gasteiger partial charge on any atom is -0.00981 e. The van der Waals surface area contributed by atoms with Gasteiger partial charge in [0, 0.05) is 0 Å². The molecule has 0 aliphatic carbocycles. The van der Waals surface area contributed by atoms with Gasteiger partial charge in [0.15, 0.2) is 0 Å². The van der Waals surface area contributed by atoms with Gasteiger partial charge in [-0.1, -0.05) is 30.7 Å². The summed E-state index contributed by atoms with van der Waals surface area (Å²) < 4.78 is 0. The summed E-state index contributed by atoms with van der Waals surface area (Å²) >= 11 is 0. The largest absolute Gasteiger partial charge is 0.118 e. The van der Waals surface area contributed by atoms with Crippen LogP contribution in [0.15, 0.2) is 18.2 Å². The van der Waals surface area contributed by atoms with Crippen LogP contribution in [0.3, 0.4) is 0 Å². The molecule has 1 heteroatoms. The Morgan fingerprint density at radius 3 is 2.58 bits per heavy atom. The molecular formula is C11H17P. The second-order valence-electron chi connectivity index (χ2n) is 3.21. The summed E-state index contributed by atoms with van der Waals surface area (Å²) in [6.45, 7) is 6.61. The molecule has 1 aromatic rings. The molecule has 0 aliphatic heterocycles. The molecule has 0 aliphatic rings. The maximum atomic E-state index is 2.27. The van der Waals surface area contributed by atoms with Gasteiger partial charge in [0.25, 0.3) is 0 Å². The van der Waals surface area contributed by atoms with Gasteiger partial charge in [-0.2, -0.15) is 0 Å². The van der Waals surface area contributed by atoms with E-state index in [9.17, 15) is 0 Å². The molecule has 66 valence electrons. The molecular weight excluding hydrogens is 163 g/mol. The van der Waals surface area contributed by atoms with Crippen LogP contribution in [0.5, 0.6) is 0 Å². The van der Waals surface area contributed by atoms with Crippen molar-refractivity contribution >= 4 is 8.58 Å². The van der Waals surface area contributed by atoms with Crippen molar-refractivity contribution in [2.75, 3.05) is 6.16 Å². The van der Waals surface area contributed by atoms with Crippen molar-refractivity contribution in [3.63, 3.8) is 0 Å². The minimum absolute atomic E-state index is 1.09. The predicted molar refractivity (Wildman–Crippen MR) is 58.5 cm³/mol. The third kappa shape index (κ3) is 2.60. The van der Waals surface area contributed by atoms with E-state index in [2.05, 4.69) is 39.0 Å². The fraction of sp³-hybridized carbons (Fsp3) is 0.455. The summed E-state index contributed by atoms with van der Waals surface area (Å²) in [5.41, 5.74) is 4.35. The van der Waals surface area contributed by atoms with Crippen molar-refractivity contribution in [3.05, 3.63) is 34.9 Å². The van der Waals surface area contributed by atoms with E-state index in [0.717, 1.165) is 8.58 Å². The highest BCUT2D eigenvalue weighted by molar-refractivity contribution is 7.37. The molecule has 0 N–H and O–H groups in total. The molecule has 1 atom stereocenters. The summed E-state index contributed by atoms with van der Waals surface area (Å²) in [5.74, 6) is 0. The minimum atomic E-state index is 1.09.